The van der Waals surface area contributed by atoms with E-state index in [1.54, 1.807) is 12.2 Å². The van der Waals surface area contributed by atoms with Gasteiger partial charge in [0.2, 0.25) is 12.2 Å². The lowest BCUT2D eigenvalue weighted by atomic mass is 9.81. The van der Waals surface area contributed by atoms with Gasteiger partial charge in [0.1, 0.15) is 0 Å². The molecule has 2 rings (SSSR count). The molecule has 4 unspecified atom stereocenters. The first-order chi connectivity index (χ1) is 10.1. The molecule has 2 aliphatic rings. The smallest absolute Gasteiger partial charge is 0.211 e. The molecule has 0 saturated heterocycles. The van der Waals surface area contributed by atoms with Crippen molar-refractivity contribution in [3.05, 3.63) is 47.7 Å². The van der Waals surface area contributed by atoms with E-state index in [0.29, 0.717) is 17.5 Å². The van der Waals surface area contributed by atoms with Gasteiger partial charge in [-0.05, 0) is 24.3 Å². The largest absolute Gasteiger partial charge is 0.240 e. The number of rotatable bonds is 4. The Morgan fingerprint density at radius 2 is 1.86 bits per heavy atom. The Labute approximate surface area is 124 Å². The topological polar surface area (TPSA) is 58.9 Å². The Morgan fingerprint density at radius 3 is 2.48 bits per heavy atom. The maximum absolute atomic E-state index is 10.3. The molecule has 0 bridgehead atoms. The minimum Gasteiger partial charge on any atom is -0.211 e. The molecule has 0 radical (unpaired) electrons. The quantitative estimate of drug-likeness (QED) is 0.587. The second-order valence-corrected chi connectivity index (χ2v) is 5.55. The van der Waals surface area contributed by atoms with Gasteiger partial charge in [0.25, 0.3) is 0 Å². The number of hydrogen-bond acceptors (Lipinski definition) is 4. The van der Waals surface area contributed by atoms with Gasteiger partial charge in [0, 0.05) is 5.92 Å². The van der Waals surface area contributed by atoms with Crippen LogP contribution in [0, 0.1) is 17.8 Å². The lowest BCUT2D eigenvalue weighted by Gasteiger charge is -2.25. The molecular formula is C17H18N2O2. The second kappa shape index (κ2) is 6.94. The average Bonchev–Trinajstić information content (AvgIpc) is 2.45. The highest BCUT2D eigenvalue weighted by Crippen LogP contribution is 2.31. The summed E-state index contributed by atoms with van der Waals surface area (Å²) in [5.41, 5.74) is 1.92. The van der Waals surface area contributed by atoms with E-state index >= 15 is 0 Å². The Kier molecular flexibility index (Phi) is 4.99. The van der Waals surface area contributed by atoms with Gasteiger partial charge < -0.3 is 0 Å². The maximum Gasteiger partial charge on any atom is 0.240 e. The van der Waals surface area contributed by atoms with Gasteiger partial charge in [0.15, 0.2) is 0 Å². The fourth-order valence-corrected chi connectivity index (χ4v) is 2.75. The fourth-order valence-electron chi connectivity index (χ4n) is 2.75. The molecule has 0 spiro atoms. The predicted molar refractivity (Wildman–Crippen MR) is 80.9 cm³/mol. The molecule has 0 aromatic carbocycles. The van der Waals surface area contributed by atoms with Crippen molar-refractivity contribution in [2.75, 3.05) is 0 Å². The molecule has 4 nitrogen and oxygen atoms in total. The summed E-state index contributed by atoms with van der Waals surface area (Å²) >= 11 is 0. The van der Waals surface area contributed by atoms with Crippen LogP contribution in [0.1, 0.15) is 20.3 Å². The lowest BCUT2D eigenvalue weighted by Crippen LogP contribution is -2.17. The summed E-state index contributed by atoms with van der Waals surface area (Å²) in [5, 5.41) is 0. The Bertz CT molecular complexity index is 615. The van der Waals surface area contributed by atoms with Crippen LogP contribution in [0.15, 0.2) is 57.7 Å². The molecule has 0 aliphatic heterocycles. The van der Waals surface area contributed by atoms with Crippen LogP contribution in [-0.2, 0) is 9.59 Å². The average molecular weight is 282 g/mol. The SMILES string of the molecule is CC1C=C(N=C=O)C=CC1CC1=CC(C)C(N=C=O)C=C1. The highest BCUT2D eigenvalue weighted by molar-refractivity contribution is 5.41. The van der Waals surface area contributed by atoms with E-state index in [1.807, 2.05) is 31.2 Å². The van der Waals surface area contributed by atoms with Crippen LogP contribution in [0.3, 0.4) is 0 Å². The van der Waals surface area contributed by atoms with Crippen molar-refractivity contribution in [3.8, 4) is 0 Å². The third kappa shape index (κ3) is 3.85. The molecule has 0 heterocycles. The number of carbonyl (C=O) groups excluding carboxylic acids is 2. The van der Waals surface area contributed by atoms with Crippen molar-refractivity contribution in [1.82, 2.24) is 0 Å². The predicted octanol–water partition coefficient (Wildman–Crippen LogP) is 3.26. The standard InChI is InChI=1S/C17H18N2O2/c1-12-8-16(18-10-20)5-4-15(12)9-14-3-6-17(19-11-21)13(2)7-14/h3-8,12-13,15,17H,9H2,1-2H3. The van der Waals surface area contributed by atoms with Crippen LogP contribution in [0.5, 0.6) is 0 Å². The number of nitrogens with zero attached hydrogens (tertiary/aromatic N) is 2. The van der Waals surface area contributed by atoms with Gasteiger partial charge in [-0.1, -0.05) is 49.8 Å². The molecular weight excluding hydrogens is 264 g/mol. The first-order valence-electron chi connectivity index (χ1n) is 7.08. The van der Waals surface area contributed by atoms with Crippen LogP contribution in [0.25, 0.3) is 0 Å². The van der Waals surface area contributed by atoms with E-state index < -0.39 is 0 Å². The van der Waals surface area contributed by atoms with Crippen molar-refractivity contribution >= 4 is 12.2 Å². The van der Waals surface area contributed by atoms with Crippen LogP contribution in [-0.4, -0.2) is 18.2 Å². The number of aliphatic imine (C=N–C) groups is 2. The van der Waals surface area contributed by atoms with E-state index in [1.165, 1.54) is 5.57 Å². The van der Waals surface area contributed by atoms with Crippen molar-refractivity contribution in [1.29, 1.82) is 0 Å². The lowest BCUT2D eigenvalue weighted by molar-refractivity contribution is 0.495. The molecule has 0 saturated carbocycles. The minimum atomic E-state index is -0.0981. The Balaban J connectivity index is 2.03. The molecule has 0 aromatic rings. The summed E-state index contributed by atoms with van der Waals surface area (Å²) in [4.78, 5) is 28.1. The van der Waals surface area contributed by atoms with Crippen LogP contribution >= 0.6 is 0 Å². The molecule has 0 fully saturated rings. The molecule has 108 valence electrons. The van der Waals surface area contributed by atoms with Crippen LogP contribution in [0.4, 0.5) is 0 Å². The van der Waals surface area contributed by atoms with E-state index in [4.69, 9.17) is 0 Å². The maximum atomic E-state index is 10.3. The molecule has 0 N–H and O–H groups in total. The first-order valence-corrected chi connectivity index (χ1v) is 7.08. The second-order valence-electron chi connectivity index (χ2n) is 5.55. The van der Waals surface area contributed by atoms with Gasteiger partial charge >= 0.3 is 0 Å². The van der Waals surface area contributed by atoms with E-state index in [2.05, 4.69) is 29.1 Å². The van der Waals surface area contributed by atoms with Gasteiger partial charge in [-0.25, -0.2) is 9.59 Å². The third-order valence-electron chi connectivity index (χ3n) is 3.99. The van der Waals surface area contributed by atoms with E-state index in [0.717, 1.165) is 6.42 Å². The molecule has 4 atom stereocenters. The molecule has 2 aliphatic carbocycles. The van der Waals surface area contributed by atoms with Crippen molar-refractivity contribution in [3.63, 3.8) is 0 Å². The minimum absolute atomic E-state index is 0.0981. The zero-order valence-electron chi connectivity index (χ0n) is 12.2. The summed E-state index contributed by atoms with van der Waals surface area (Å²) in [5.74, 6) is 0.905. The molecule has 21 heavy (non-hydrogen) atoms. The zero-order valence-corrected chi connectivity index (χ0v) is 12.2. The highest BCUT2D eigenvalue weighted by atomic mass is 16.1. The highest BCUT2D eigenvalue weighted by Gasteiger charge is 2.21. The molecule has 0 amide bonds. The summed E-state index contributed by atoms with van der Waals surface area (Å²) in [6.07, 6.45) is 16.2. The molecule has 0 aromatic heterocycles. The van der Waals surface area contributed by atoms with Crippen LogP contribution in [0.2, 0.25) is 0 Å². The number of allylic oxidation sites excluding steroid dienone is 5. The van der Waals surface area contributed by atoms with E-state index in [9.17, 15) is 9.59 Å². The Hall–Kier alpha value is -2.28. The van der Waals surface area contributed by atoms with Gasteiger partial charge in [-0.2, -0.15) is 9.98 Å². The van der Waals surface area contributed by atoms with Crippen molar-refractivity contribution < 1.29 is 9.59 Å². The summed E-state index contributed by atoms with van der Waals surface area (Å²) in [6, 6.07) is -0.0981. The third-order valence-corrected chi connectivity index (χ3v) is 3.99. The van der Waals surface area contributed by atoms with Gasteiger partial charge in [-0.3, -0.25) is 0 Å². The van der Waals surface area contributed by atoms with E-state index in [-0.39, 0.29) is 12.0 Å². The number of isocyanates is 2. The summed E-state index contributed by atoms with van der Waals surface area (Å²) in [6.45, 7) is 4.16. The normalized spacial score (nSPS) is 30.8. The Morgan fingerprint density at radius 1 is 1.05 bits per heavy atom. The summed E-state index contributed by atoms with van der Waals surface area (Å²) < 4.78 is 0. The van der Waals surface area contributed by atoms with Crippen LogP contribution < -0.4 is 0 Å². The first kappa shape index (κ1) is 15.1. The van der Waals surface area contributed by atoms with Gasteiger partial charge in [-0.15, -0.1) is 0 Å². The fraction of sp³-hybridized carbons (Fsp3) is 0.412. The monoisotopic (exact) mass is 282 g/mol. The van der Waals surface area contributed by atoms with Crippen molar-refractivity contribution in [2.45, 2.75) is 26.3 Å². The zero-order chi connectivity index (χ0) is 15.2. The van der Waals surface area contributed by atoms with Gasteiger partial charge in [0.05, 0.1) is 11.7 Å². The molecule has 4 heteroatoms. The van der Waals surface area contributed by atoms with Crippen molar-refractivity contribution in [2.24, 2.45) is 27.7 Å². The summed E-state index contributed by atoms with van der Waals surface area (Å²) in [7, 11) is 0. The number of hydrogen-bond donors (Lipinski definition) is 0.